The van der Waals surface area contributed by atoms with Gasteiger partial charge in [0.1, 0.15) is 5.25 Å². The largest absolute Gasteiger partial charge is 0.293 e. The number of Topliss-reactive ketones (excluding diaryl/α,β-unsaturated/α-hetero) is 1. The molecule has 0 saturated carbocycles. The summed E-state index contributed by atoms with van der Waals surface area (Å²) in [5.41, 5.74) is 2.82. The van der Waals surface area contributed by atoms with Gasteiger partial charge in [0.25, 0.3) is 0 Å². The third kappa shape index (κ3) is 6.95. The van der Waals surface area contributed by atoms with Crippen molar-refractivity contribution in [2.45, 2.75) is 45.3 Å². The number of rotatable bonds is 8. The molecule has 0 bridgehead atoms. The summed E-state index contributed by atoms with van der Waals surface area (Å²) >= 11 is 0. The van der Waals surface area contributed by atoms with Crippen molar-refractivity contribution < 1.29 is 13.2 Å². The van der Waals surface area contributed by atoms with Crippen LogP contribution in [-0.4, -0.2) is 25.7 Å². The van der Waals surface area contributed by atoms with E-state index in [1.165, 1.54) is 5.57 Å². The van der Waals surface area contributed by atoms with Crippen LogP contribution >= 0.6 is 0 Å². The molecule has 0 aliphatic rings. The van der Waals surface area contributed by atoms with E-state index in [9.17, 15) is 13.2 Å². The normalized spacial score (nSPS) is 13.5. The minimum absolute atomic E-state index is 0.229. The maximum Gasteiger partial charge on any atom is 0.181 e. The van der Waals surface area contributed by atoms with E-state index in [0.29, 0.717) is 5.56 Å². The molecule has 0 spiro atoms. The van der Waals surface area contributed by atoms with E-state index in [1.54, 1.807) is 30.3 Å². The molecular formula is C19H26O3S. The van der Waals surface area contributed by atoms with Crippen LogP contribution in [-0.2, 0) is 9.84 Å². The van der Waals surface area contributed by atoms with Crippen LogP contribution in [0.5, 0.6) is 0 Å². The lowest BCUT2D eigenvalue weighted by Crippen LogP contribution is -2.29. The predicted molar refractivity (Wildman–Crippen MR) is 96.4 cm³/mol. The first-order valence-electron chi connectivity index (χ1n) is 7.79. The van der Waals surface area contributed by atoms with Gasteiger partial charge in [-0.3, -0.25) is 4.79 Å². The van der Waals surface area contributed by atoms with Crippen LogP contribution in [0.4, 0.5) is 0 Å². The van der Waals surface area contributed by atoms with E-state index < -0.39 is 15.1 Å². The highest BCUT2D eigenvalue weighted by Gasteiger charge is 2.28. The molecule has 1 atom stereocenters. The number of carbonyl (C=O) groups is 1. The quantitative estimate of drug-likeness (QED) is 0.524. The Kier molecular flexibility index (Phi) is 7.43. The summed E-state index contributed by atoms with van der Waals surface area (Å²) in [6.07, 6.45) is 7.20. The summed E-state index contributed by atoms with van der Waals surface area (Å²) < 4.78 is 24.0. The van der Waals surface area contributed by atoms with Crippen molar-refractivity contribution in [3.63, 3.8) is 0 Å². The van der Waals surface area contributed by atoms with Crippen molar-refractivity contribution >= 4 is 15.6 Å². The molecule has 0 amide bonds. The molecule has 1 aromatic carbocycles. The topological polar surface area (TPSA) is 51.2 Å². The van der Waals surface area contributed by atoms with Gasteiger partial charge >= 0.3 is 0 Å². The standard InChI is InChI=1S/C19H26O3S/c1-15(2)9-8-10-16(3)13-14-18(23(4,21)22)19(20)17-11-6-5-7-12-17/h5-7,9,11-13,18H,8,10,14H2,1-4H3/b16-13+. The lowest BCUT2D eigenvalue weighted by molar-refractivity contribution is 0.0987. The zero-order valence-corrected chi connectivity index (χ0v) is 15.2. The first-order chi connectivity index (χ1) is 10.7. The molecule has 1 rings (SSSR count). The van der Waals surface area contributed by atoms with Crippen LogP contribution in [0.3, 0.4) is 0 Å². The van der Waals surface area contributed by atoms with Crippen molar-refractivity contribution in [3.8, 4) is 0 Å². The average Bonchev–Trinajstić information content (AvgIpc) is 2.46. The lowest BCUT2D eigenvalue weighted by Gasteiger charge is -2.13. The number of ketones is 1. The first kappa shape index (κ1) is 19.4. The fourth-order valence-electron chi connectivity index (χ4n) is 2.26. The van der Waals surface area contributed by atoms with Gasteiger partial charge in [-0.2, -0.15) is 0 Å². The van der Waals surface area contributed by atoms with Crippen LogP contribution in [0.2, 0.25) is 0 Å². The van der Waals surface area contributed by atoms with Crippen molar-refractivity contribution in [2.75, 3.05) is 6.26 Å². The van der Waals surface area contributed by atoms with E-state index in [4.69, 9.17) is 0 Å². The number of allylic oxidation sites excluding steroid dienone is 4. The van der Waals surface area contributed by atoms with E-state index in [2.05, 4.69) is 19.9 Å². The number of hydrogen-bond donors (Lipinski definition) is 0. The predicted octanol–water partition coefficient (Wildman–Crippen LogP) is 4.37. The lowest BCUT2D eigenvalue weighted by atomic mass is 10.0. The molecule has 0 aliphatic heterocycles. The van der Waals surface area contributed by atoms with Gasteiger partial charge in [-0.1, -0.05) is 53.6 Å². The maximum absolute atomic E-state index is 12.5. The SMILES string of the molecule is CC(C)=CCC/C(C)=C/CC(C(=O)c1ccccc1)S(C)(=O)=O. The summed E-state index contributed by atoms with van der Waals surface area (Å²) in [5.74, 6) is -0.332. The summed E-state index contributed by atoms with van der Waals surface area (Å²) in [5, 5.41) is -1.01. The van der Waals surface area contributed by atoms with Crippen LogP contribution in [0.1, 0.15) is 50.4 Å². The minimum Gasteiger partial charge on any atom is -0.293 e. The van der Waals surface area contributed by atoms with Gasteiger partial charge in [0.15, 0.2) is 15.6 Å². The first-order valence-corrected chi connectivity index (χ1v) is 9.74. The van der Waals surface area contributed by atoms with Gasteiger partial charge in [-0.25, -0.2) is 8.42 Å². The molecule has 1 unspecified atom stereocenters. The van der Waals surface area contributed by atoms with Gasteiger partial charge in [0.05, 0.1) is 0 Å². The van der Waals surface area contributed by atoms with Crippen molar-refractivity contribution in [2.24, 2.45) is 0 Å². The van der Waals surface area contributed by atoms with E-state index in [1.807, 2.05) is 13.0 Å². The highest BCUT2D eigenvalue weighted by atomic mass is 32.2. The Labute approximate surface area is 140 Å². The molecule has 4 heteroatoms. The molecule has 0 heterocycles. The zero-order chi connectivity index (χ0) is 17.5. The number of sulfone groups is 1. The zero-order valence-electron chi connectivity index (χ0n) is 14.4. The Morgan fingerprint density at radius 3 is 2.22 bits per heavy atom. The molecule has 0 saturated heterocycles. The summed E-state index contributed by atoms with van der Waals surface area (Å²) in [7, 11) is -3.45. The monoisotopic (exact) mass is 334 g/mol. The Bertz CT molecular complexity index is 679. The van der Waals surface area contributed by atoms with E-state index in [-0.39, 0.29) is 12.2 Å². The average molecular weight is 334 g/mol. The Hall–Kier alpha value is -1.68. The summed E-state index contributed by atoms with van der Waals surface area (Å²) in [4.78, 5) is 12.5. The molecule has 0 fully saturated rings. The molecule has 3 nitrogen and oxygen atoms in total. The van der Waals surface area contributed by atoms with Gasteiger partial charge in [-0.05, 0) is 40.0 Å². The highest BCUT2D eigenvalue weighted by molar-refractivity contribution is 7.92. The van der Waals surface area contributed by atoms with Crippen molar-refractivity contribution in [1.82, 2.24) is 0 Å². The Balaban J connectivity index is 2.85. The van der Waals surface area contributed by atoms with E-state index in [0.717, 1.165) is 24.7 Å². The highest BCUT2D eigenvalue weighted by Crippen LogP contribution is 2.16. The van der Waals surface area contributed by atoms with Crippen LogP contribution in [0, 0.1) is 0 Å². The fourth-order valence-corrected chi connectivity index (χ4v) is 3.23. The smallest absolute Gasteiger partial charge is 0.181 e. The Morgan fingerprint density at radius 2 is 1.70 bits per heavy atom. The molecule has 0 aromatic heterocycles. The maximum atomic E-state index is 12.5. The second-order valence-electron chi connectivity index (χ2n) is 6.15. The third-order valence-corrected chi connectivity index (χ3v) is 5.08. The molecular weight excluding hydrogens is 308 g/mol. The van der Waals surface area contributed by atoms with Crippen LogP contribution in [0.25, 0.3) is 0 Å². The number of benzene rings is 1. The minimum atomic E-state index is -3.45. The van der Waals surface area contributed by atoms with Gasteiger partial charge < -0.3 is 0 Å². The second kappa shape index (κ2) is 8.82. The van der Waals surface area contributed by atoms with Gasteiger partial charge in [0, 0.05) is 11.8 Å². The van der Waals surface area contributed by atoms with Crippen molar-refractivity contribution in [1.29, 1.82) is 0 Å². The van der Waals surface area contributed by atoms with Gasteiger partial charge in [-0.15, -0.1) is 0 Å². The number of carbonyl (C=O) groups excluding carboxylic acids is 1. The number of hydrogen-bond acceptors (Lipinski definition) is 3. The van der Waals surface area contributed by atoms with Crippen LogP contribution < -0.4 is 0 Å². The second-order valence-corrected chi connectivity index (χ2v) is 8.38. The van der Waals surface area contributed by atoms with Crippen molar-refractivity contribution in [3.05, 3.63) is 59.2 Å². The molecule has 0 N–H and O–H groups in total. The molecule has 0 radical (unpaired) electrons. The van der Waals surface area contributed by atoms with E-state index >= 15 is 0 Å². The molecule has 23 heavy (non-hydrogen) atoms. The molecule has 126 valence electrons. The Morgan fingerprint density at radius 1 is 1.09 bits per heavy atom. The van der Waals surface area contributed by atoms with Crippen LogP contribution in [0.15, 0.2) is 53.6 Å². The molecule has 1 aromatic rings. The summed E-state index contributed by atoms with van der Waals surface area (Å²) in [6, 6.07) is 8.61. The summed E-state index contributed by atoms with van der Waals surface area (Å²) in [6.45, 7) is 6.08. The van der Waals surface area contributed by atoms with Gasteiger partial charge in [0.2, 0.25) is 0 Å². The third-order valence-electron chi connectivity index (χ3n) is 3.64. The fraction of sp³-hybridized carbons (Fsp3) is 0.421. The molecule has 0 aliphatic carbocycles.